The van der Waals surface area contributed by atoms with Crippen LogP contribution in [0.3, 0.4) is 0 Å². The molecule has 1 heterocycles. The van der Waals surface area contributed by atoms with Gasteiger partial charge in [-0.15, -0.1) is 0 Å². The fourth-order valence-electron chi connectivity index (χ4n) is 1.49. The zero-order chi connectivity index (χ0) is 9.42. The Hall–Kier alpha value is -1.28. The molecule has 1 aromatic carbocycles. The van der Waals surface area contributed by atoms with E-state index in [4.69, 9.17) is 11.6 Å². The van der Waals surface area contributed by atoms with Crippen LogP contribution in [-0.4, -0.2) is 4.98 Å². The third-order valence-electron chi connectivity index (χ3n) is 2.04. The number of nitrogens with one attached hydrogen (secondary N) is 1. The van der Waals surface area contributed by atoms with Crippen LogP contribution in [0.25, 0.3) is 10.8 Å². The molecule has 0 aliphatic carbocycles. The molecule has 0 saturated heterocycles. The van der Waals surface area contributed by atoms with Crippen molar-refractivity contribution in [3.8, 4) is 0 Å². The van der Waals surface area contributed by atoms with Gasteiger partial charge in [0.2, 0.25) is 0 Å². The van der Waals surface area contributed by atoms with Gasteiger partial charge in [-0.05, 0) is 36.1 Å². The van der Waals surface area contributed by atoms with Crippen molar-refractivity contribution in [3.63, 3.8) is 0 Å². The van der Waals surface area contributed by atoms with Crippen LogP contribution < -0.4 is 5.56 Å². The Bertz CT molecular complexity index is 516. The molecule has 0 unspecified atom stereocenters. The standard InChI is InChI=1S/C10H8ClNO/c1-6-4-8(11)5-7-2-3-12-10(13)9(6)7/h2-5H,1H3,(H,12,13). The highest BCUT2D eigenvalue weighted by atomic mass is 35.5. The van der Waals surface area contributed by atoms with Crippen LogP contribution >= 0.6 is 11.6 Å². The van der Waals surface area contributed by atoms with E-state index < -0.39 is 0 Å². The Labute approximate surface area is 80.2 Å². The summed E-state index contributed by atoms with van der Waals surface area (Å²) in [5.41, 5.74) is 0.844. The molecule has 0 atom stereocenters. The molecular weight excluding hydrogens is 186 g/mol. The molecule has 66 valence electrons. The number of rotatable bonds is 0. The Morgan fingerprint density at radius 2 is 2.15 bits per heavy atom. The summed E-state index contributed by atoms with van der Waals surface area (Å²) in [4.78, 5) is 14.0. The first-order valence-corrected chi connectivity index (χ1v) is 4.34. The second kappa shape index (κ2) is 2.89. The van der Waals surface area contributed by atoms with Gasteiger partial charge in [0.1, 0.15) is 0 Å². The summed E-state index contributed by atoms with van der Waals surface area (Å²) in [6.07, 6.45) is 1.63. The minimum absolute atomic E-state index is 0.0633. The third-order valence-corrected chi connectivity index (χ3v) is 2.25. The number of hydrogen-bond donors (Lipinski definition) is 1. The van der Waals surface area contributed by atoms with Crippen LogP contribution in [-0.2, 0) is 0 Å². The second-order valence-electron chi connectivity index (χ2n) is 2.99. The lowest BCUT2D eigenvalue weighted by Crippen LogP contribution is -2.05. The number of halogens is 1. The van der Waals surface area contributed by atoms with Gasteiger partial charge in [-0.1, -0.05) is 11.6 Å². The van der Waals surface area contributed by atoms with Gasteiger partial charge in [-0.2, -0.15) is 0 Å². The Morgan fingerprint density at radius 3 is 2.92 bits per heavy atom. The fourth-order valence-corrected chi connectivity index (χ4v) is 1.77. The molecule has 0 radical (unpaired) electrons. The number of aromatic nitrogens is 1. The van der Waals surface area contributed by atoms with Gasteiger partial charge >= 0.3 is 0 Å². The summed E-state index contributed by atoms with van der Waals surface area (Å²) in [5, 5.41) is 2.26. The van der Waals surface area contributed by atoms with Crippen molar-refractivity contribution in [2.45, 2.75) is 6.92 Å². The highest BCUT2D eigenvalue weighted by Gasteiger charge is 2.02. The smallest absolute Gasteiger partial charge is 0.256 e. The maximum Gasteiger partial charge on any atom is 0.256 e. The van der Waals surface area contributed by atoms with Crippen molar-refractivity contribution in [3.05, 3.63) is 45.3 Å². The molecule has 2 rings (SSSR count). The highest BCUT2D eigenvalue weighted by Crippen LogP contribution is 2.19. The maximum atomic E-state index is 11.4. The van der Waals surface area contributed by atoms with Crippen molar-refractivity contribution >= 4 is 22.4 Å². The van der Waals surface area contributed by atoms with E-state index in [0.717, 1.165) is 10.9 Å². The monoisotopic (exact) mass is 193 g/mol. The second-order valence-corrected chi connectivity index (χ2v) is 3.43. The Balaban J connectivity index is 3.03. The first kappa shape index (κ1) is 8.32. The van der Waals surface area contributed by atoms with Gasteiger partial charge < -0.3 is 4.98 Å². The molecule has 0 aliphatic heterocycles. The minimum atomic E-state index is -0.0633. The first-order chi connectivity index (χ1) is 6.18. The minimum Gasteiger partial charge on any atom is -0.329 e. The number of hydrogen-bond acceptors (Lipinski definition) is 1. The van der Waals surface area contributed by atoms with Crippen LogP contribution in [0.2, 0.25) is 5.02 Å². The largest absolute Gasteiger partial charge is 0.329 e. The van der Waals surface area contributed by atoms with Gasteiger partial charge in [-0.25, -0.2) is 0 Å². The molecule has 0 spiro atoms. The molecule has 2 aromatic rings. The summed E-state index contributed by atoms with van der Waals surface area (Å²) in [6, 6.07) is 5.42. The summed E-state index contributed by atoms with van der Waals surface area (Å²) >= 11 is 5.86. The number of fused-ring (bicyclic) bond motifs is 1. The number of aromatic amines is 1. The molecule has 1 aromatic heterocycles. The van der Waals surface area contributed by atoms with Crippen molar-refractivity contribution in [1.82, 2.24) is 4.98 Å². The van der Waals surface area contributed by atoms with Crippen LogP contribution in [0.15, 0.2) is 29.2 Å². The van der Waals surface area contributed by atoms with Crippen molar-refractivity contribution in [2.24, 2.45) is 0 Å². The van der Waals surface area contributed by atoms with E-state index in [2.05, 4.69) is 4.98 Å². The van der Waals surface area contributed by atoms with E-state index >= 15 is 0 Å². The van der Waals surface area contributed by atoms with Gasteiger partial charge in [0, 0.05) is 16.6 Å². The summed E-state index contributed by atoms with van der Waals surface area (Å²) in [6.45, 7) is 1.88. The van der Waals surface area contributed by atoms with Gasteiger partial charge in [-0.3, -0.25) is 4.79 Å². The highest BCUT2D eigenvalue weighted by molar-refractivity contribution is 6.31. The summed E-state index contributed by atoms with van der Waals surface area (Å²) < 4.78 is 0. The lowest BCUT2D eigenvalue weighted by atomic mass is 10.1. The molecule has 3 heteroatoms. The Morgan fingerprint density at radius 1 is 1.38 bits per heavy atom. The molecular formula is C10H8ClNO. The van der Waals surface area contributed by atoms with E-state index in [1.54, 1.807) is 18.3 Å². The molecule has 2 nitrogen and oxygen atoms in total. The van der Waals surface area contributed by atoms with Crippen molar-refractivity contribution < 1.29 is 0 Å². The van der Waals surface area contributed by atoms with E-state index in [1.165, 1.54) is 0 Å². The SMILES string of the molecule is Cc1cc(Cl)cc2cc[nH]c(=O)c12. The molecule has 13 heavy (non-hydrogen) atoms. The van der Waals surface area contributed by atoms with Crippen LogP contribution in [0.5, 0.6) is 0 Å². The topological polar surface area (TPSA) is 32.9 Å². The van der Waals surface area contributed by atoms with Gasteiger partial charge in [0.15, 0.2) is 0 Å². The van der Waals surface area contributed by atoms with E-state index in [0.29, 0.717) is 10.4 Å². The first-order valence-electron chi connectivity index (χ1n) is 3.96. The number of pyridine rings is 1. The molecule has 0 amide bonds. The van der Waals surface area contributed by atoms with Gasteiger partial charge in [0.25, 0.3) is 5.56 Å². The Kier molecular flexibility index (Phi) is 1.85. The normalized spacial score (nSPS) is 10.6. The average molecular weight is 194 g/mol. The molecule has 0 aliphatic rings. The lowest BCUT2D eigenvalue weighted by Gasteiger charge is -2.00. The summed E-state index contributed by atoms with van der Waals surface area (Å²) in [7, 11) is 0. The van der Waals surface area contributed by atoms with E-state index in [1.807, 2.05) is 13.0 Å². The fraction of sp³-hybridized carbons (Fsp3) is 0.100. The predicted molar refractivity (Wildman–Crippen MR) is 54.3 cm³/mol. The molecule has 1 N–H and O–H groups in total. The average Bonchev–Trinajstić information content (AvgIpc) is 2.02. The molecule has 0 fully saturated rings. The maximum absolute atomic E-state index is 11.4. The van der Waals surface area contributed by atoms with Crippen LogP contribution in [0, 0.1) is 6.92 Å². The quantitative estimate of drug-likeness (QED) is 0.685. The third kappa shape index (κ3) is 1.33. The summed E-state index contributed by atoms with van der Waals surface area (Å²) in [5.74, 6) is 0. The predicted octanol–water partition coefficient (Wildman–Crippen LogP) is 2.49. The lowest BCUT2D eigenvalue weighted by molar-refractivity contribution is 1.27. The number of H-pyrrole nitrogens is 1. The van der Waals surface area contributed by atoms with Crippen molar-refractivity contribution in [1.29, 1.82) is 0 Å². The van der Waals surface area contributed by atoms with E-state index in [9.17, 15) is 4.79 Å². The number of benzene rings is 1. The van der Waals surface area contributed by atoms with E-state index in [-0.39, 0.29) is 5.56 Å². The zero-order valence-electron chi connectivity index (χ0n) is 7.10. The van der Waals surface area contributed by atoms with Gasteiger partial charge in [0.05, 0.1) is 0 Å². The zero-order valence-corrected chi connectivity index (χ0v) is 7.85. The molecule has 0 bridgehead atoms. The van der Waals surface area contributed by atoms with Crippen LogP contribution in [0.1, 0.15) is 5.56 Å². The molecule has 0 saturated carbocycles. The number of aryl methyl sites for hydroxylation is 1. The van der Waals surface area contributed by atoms with Crippen molar-refractivity contribution in [2.75, 3.05) is 0 Å². The van der Waals surface area contributed by atoms with Crippen LogP contribution in [0.4, 0.5) is 0 Å².